The van der Waals surface area contributed by atoms with Crippen molar-refractivity contribution in [2.75, 3.05) is 7.05 Å². The molecule has 1 aliphatic carbocycles. The lowest BCUT2D eigenvalue weighted by molar-refractivity contribution is -0.127. The van der Waals surface area contributed by atoms with Gasteiger partial charge in [-0.1, -0.05) is 24.3 Å². The summed E-state index contributed by atoms with van der Waals surface area (Å²) in [4.78, 5) is 13.0. The topological polar surface area (TPSA) is 20.3 Å². The van der Waals surface area contributed by atoms with E-state index in [4.69, 9.17) is 0 Å². The van der Waals surface area contributed by atoms with Gasteiger partial charge in [-0.2, -0.15) is 0 Å². The molecule has 2 nitrogen and oxygen atoms in total. The predicted molar refractivity (Wildman–Crippen MR) is 42.9 cm³/mol. The molecule has 1 heterocycles. The molecular weight excluding hydrogens is 138 g/mol. The van der Waals surface area contributed by atoms with Crippen molar-refractivity contribution in [3.05, 3.63) is 24.3 Å². The maximum Gasteiger partial charge on any atom is 0.223 e. The van der Waals surface area contributed by atoms with Gasteiger partial charge in [-0.15, -0.1) is 0 Å². The Kier molecular flexibility index (Phi) is 1.34. The molecule has 1 amide bonds. The van der Waals surface area contributed by atoms with Gasteiger partial charge in [0.05, 0.1) is 6.04 Å². The van der Waals surface area contributed by atoms with Gasteiger partial charge in [0.1, 0.15) is 0 Å². The first-order chi connectivity index (χ1) is 5.29. The van der Waals surface area contributed by atoms with Gasteiger partial charge in [0.25, 0.3) is 0 Å². The third-order valence-corrected chi connectivity index (χ3v) is 2.47. The molecule has 2 aliphatic rings. The van der Waals surface area contributed by atoms with Crippen LogP contribution in [0.5, 0.6) is 0 Å². The fraction of sp³-hybridized carbons (Fsp3) is 0.444. The van der Waals surface area contributed by atoms with Crippen LogP contribution in [0, 0.1) is 5.92 Å². The standard InChI is InChI=1S/C9H11NO/c1-10-8-5-3-2-4-7(8)6-9(10)11/h2-5,7-8H,6H2,1H3. The molecule has 11 heavy (non-hydrogen) atoms. The van der Waals surface area contributed by atoms with Crippen LogP contribution in [0.2, 0.25) is 0 Å². The van der Waals surface area contributed by atoms with Gasteiger partial charge in [0.15, 0.2) is 0 Å². The molecule has 2 unspecified atom stereocenters. The zero-order valence-corrected chi connectivity index (χ0v) is 6.53. The summed E-state index contributed by atoms with van der Waals surface area (Å²) >= 11 is 0. The van der Waals surface area contributed by atoms with Gasteiger partial charge < -0.3 is 4.90 Å². The summed E-state index contributed by atoms with van der Waals surface area (Å²) < 4.78 is 0. The van der Waals surface area contributed by atoms with Crippen LogP contribution in [0.15, 0.2) is 24.3 Å². The second-order valence-corrected chi connectivity index (χ2v) is 3.13. The van der Waals surface area contributed by atoms with Crippen LogP contribution in [0.4, 0.5) is 0 Å². The van der Waals surface area contributed by atoms with Crippen LogP contribution < -0.4 is 0 Å². The monoisotopic (exact) mass is 149 g/mol. The molecule has 58 valence electrons. The van der Waals surface area contributed by atoms with Crippen molar-refractivity contribution in [1.29, 1.82) is 0 Å². The van der Waals surface area contributed by atoms with Gasteiger partial charge in [-0.05, 0) is 0 Å². The van der Waals surface area contributed by atoms with Gasteiger partial charge in [0.2, 0.25) is 5.91 Å². The second-order valence-electron chi connectivity index (χ2n) is 3.13. The van der Waals surface area contributed by atoms with Crippen molar-refractivity contribution < 1.29 is 4.79 Å². The van der Waals surface area contributed by atoms with E-state index in [0.717, 1.165) is 0 Å². The Morgan fingerprint density at radius 3 is 2.91 bits per heavy atom. The van der Waals surface area contributed by atoms with Crippen molar-refractivity contribution in [1.82, 2.24) is 4.90 Å². The fourth-order valence-electron chi connectivity index (χ4n) is 1.76. The molecule has 1 aliphatic heterocycles. The smallest absolute Gasteiger partial charge is 0.223 e. The van der Waals surface area contributed by atoms with Gasteiger partial charge >= 0.3 is 0 Å². The number of nitrogens with zero attached hydrogens (tertiary/aromatic N) is 1. The molecule has 1 fully saturated rings. The van der Waals surface area contributed by atoms with Crippen LogP contribution >= 0.6 is 0 Å². The van der Waals surface area contributed by atoms with Crippen molar-refractivity contribution >= 4 is 5.91 Å². The highest BCUT2D eigenvalue weighted by molar-refractivity contribution is 5.80. The lowest BCUT2D eigenvalue weighted by atomic mass is 9.96. The Labute approximate surface area is 66.2 Å². The average molecular weight is 149 g/mol. The molecule has 0 aromatic heterocycles. The van der Waals surface area contributed by atoms with E-state index in [0.29, 0.717) is 18.4 Å². The van der Waals surface area contributed by atoms with Gasteiger partial charge in [0, 0.05) is 19.4 Å². The van der Waals surface area contributed by atoms with E-state index in [1.807, 2.05) is 24.1 Å². The summed E-state index contributed by atoms with van der Waals surface area (Å²) in [6.07, 6.45) is 8.92. The summed E-state index contributed by atoms with van der Waals surface area (Å²) in [7, 11) is 1.87. The first-order valence-electron chi connectivity index (χ1n) is 3.89. The Morgan fingerprint density at radius 2 is 2.18 bits per heavy atom. The minimum absolute atomic E-state index is 0.260. The first-order valence-corrected chi connectivity index (χ1v) is 3.89. The van der Waals surface area contributed by atoms with E-state index in [1.54, 1.807) is 0 Å². The van der Waals surface area contributed by atoms with E-state index in [-0.39, 0.29) is 5.91 Å². The zero-order chi connectivity index (χ0) is 7.84. The second kappa shape index (κ2) is 2.22. The molecule has 0 N–H and O–H groups in total. The lowest BCUT2D eigenvalue weighted by Crippen LogP contribution is -2.29. The minimum Gasteiger partial charge on any atom is -0.339 e. The van der Waals surface area contributed by atoms with E-state index < -0.39 is 0 Å². The SMILES string of the molecule is CN1C(=O)CC2C=CC=CC21. The first kappa shape index (κ1) is 6.65. The molecule has 0 radical (unpaired) electrons. The van der Waals surface area contributed by atoms with Crippen molar-refractivity contribution in [3.63, 3.8) is 0 Å². The fourth-order valence-corrected chi connectivity index (χ4v) is 1.76. The van der Waals surface area contributed by atoms with E-state index in [9.17, 15) is 4.79 Å². The van der Waals surface area contributed by atoms with E-state index in [1.165, 1.54) is 0 Å². The highest BCUT2D eigenvalue weighted by atomic mass is 16.2. The summed E-state index contributed by atoms with van der Waals surface area (Å²) in [5.74, 6) is 0.689. The number of hydrogen-bond acceptors (Lipinski definition) is 1. The number of likely N-dealkylation sites (tertiary alicyclic amines) is 1. The Bertz CT molecular complexity index is 242. The van der Waals surface area contributed by atoms with Crippen LogP contribution in [-0.2, 0) is 4.79 Å². The highest BCUT2D eigenvalue weighted by Gasteiger charge is 2.34. The number of carbonyl (C=O) groups excluding carboxylic acids is 1. The third-order valence-electron chi connectivity index (χ3n) is 2.47. The normalized spacial score (nSPS) is 34.6. The van der Waals surface area contributed by atoms with Crippen molar-refractivity contribution in [2.24, 2.45) is 5.92 Å². The number of fused-ring (bicyclic) bond motifs is 1. The van der Waals surface area contributed by atoms with Crippen LogP contribution in [-0.4, -0.2) is 23.9 Å². The Balaban J connectivity index is 2.27. The van der Waals surface area contributed by atoms with Crippen LogP contribution in [0.3, 0.4) is 0 Å². The quantitative estimate of drug-likeness (QED) is 0.502. The molecule has 1 saturated heterocycles. The largest absolute Gasteiger partial charge is 0.339 e. The number of allylic oxidation sites excluding steroid dienone is 2. The van der Waals surface area contributed by atoms with Gasteiger partial charge in [-0.3, -0.25) is 4.79 Å². The number of likely N-dealkylation sites (N-methyl/N-ethyl adjacent to an activating group) is 1. The molecular formula is C9H11NO. The summed E-state index contributed by atoms with van der Waals surface area (Å²) in [5, 5.41) is 0. The predicted octanol–water partition coefficient (Wildman–Crippen LogP) is 0.959. The zero-order valence-electron chi connectivity index (χ0n) is 6.53. The summed E-state index contributed by atoms with van der Waals surface area (Å²) in [5.41, 5.74) is 0. The minimum atomic E-state index is 0.260. The van der Waals surface area contributed by atoms with Crippen molar-refractivity contribution in [2.45, 2.75) is 12.5 Å². The number of carbonyl (C=O) groups is 1. The average Bonchev–Trinajstić information content (AvgIpc) is 2.30. The Hall–Kier alpha value is -1.05. The van der Waals surface area contributed by atoms with Crippen molar-refractivity contribution in [3.8, 4) is 0 Å². The molecule has 0 saturated carbocycles. The maximum absolute atomic E-state index is 11.2. The highest BCUT2D eigenvalue weighted by Crippen LogP contribution is 2.28. The van der Waals surface area contributed by atoms with Crippen LogP contribution in [0.25, 0.3) is 0 Å². The number of rotatable bonds is 0. The third kappa shape index (κ3) is 0.897. The maximum atomic E-state index is 11.2. The van der Waals surface area contributed by atoms with Crippen LogP contribution in [0.1, 0.15) is 6.42 Å². The molecule has 0 bridgehead atoms. The molecule has 0 spiro atoms. The molecule has 0 aromatic rings. The number of amides is 1. The molecule has 2 heteroatoms. The Morgan fingerprint density at radius 1 is 1.45 bits per heavy atom. The van der Waals surface area contributed by atoms with Gasteiger partial charge in [-0.25, -0.2) is 0 Å². The lowest BCUT2D eigenvalue weighted by Gasteiger charge is -2.21. The number of hydrogen-bond donors (Lipinski definition) is 0. The van der Waals surface area contributed by atoms with E-state index in [2.05, 4.69) is 12.2 Å². The summed E-state index contributed by atoms with van der Waals surface area (Å²) in [6.45, 7) is 0. The molecule has 2 rings (SSSR count). The molecule has 0 aromatic carbocycles. The van der Waals surface area contributed by atoms with E-state index >= 15 is 0 Å². The summed E-state index contributed by atoms with van der Waals surface area (Å²) in [6, 6.07) is 0.326. The molecule has 2 atom stereocenters.